The lowest BCUT2D eigenvalue weighted by Crippen LogP contribution is -2.49. The molecule has 28 heavy (non-hydrogen) atoms. The third kappa shape index (κ3) is 3.07. The quantitative estimate of drug-likeness (QED) is 0.887. The first-order valence-electron chi connectivity index (χ1n) is 9.92. The Kier molecular flexibility index (Phi) is 4.36. The molecule has 0 spiro atoms. The van der Waals surface area contributed by atoms with Gasteiger partial charge in [-0.3, -0.25) is 4.90 Å². The maximum atomic E-state index is 11.3. The van der Waals surface area contributed by atoms with Crippen molar-refractivity contribution < 1.29 is 19.4 Å². The molecule has 0 aromatic heterocycles. The van der Waals surface area contributed by atoms with Crippen molar-refractivity contribution >= 4 is 6.09 Å². The number of nitrogens with zero attached hydrogens (tertiary/aromatic N) is 2. The Morgan fingerprint density at radius 3 is 1.89 bits per heavy atom. The summed E-state index contributed by atoms with van der Waals surface area (Å²) in [4.78, 5) is 15.2. The van der Waals surface area contributed by atoms with Crippen molar-refractivity contribution in [3.8, 4) is 11.5 Å². The molecule has 3 aliphatic rings. The number of fused-ring (bicyclic) bond motifs is 2. The molecule has 1 fully saturated rings. The van der Waals surface area contributed by atoms with Crippen LogP contribution in [0.2, 0.25) is 0 Å². The van der Waals surface area contributed by atoms with E-state index in [1.54, 1.807) is 0 Å². The van der Waals surface area contributed by atoms with Crippen LogP contribution in [0.25, 0.3) is 0 Å². The first-order chi connectivity index (χ1) is 13.7. The van der Waals surface area contributed by atoms with Crippen LogP contribution in [0.3, 0.4) is 0 Å². The molecular weight excluding hydrogens is 356 g/mol. The van der Waals surface area contributed by atoms with Crippen LogP contribution < -0.4 is 9.47 Å². The number of ether oxygens (including phenoxy) is 2. The molecule has 146 valence electrons. The summed E-state index contributed by atoms with van der Waals surface area (Å²) in [5.41, 5.74) is 5.01. The van der Waals surface area contributed by atoms with Gasteiger partial charge in [-0.05, 0) is 34.4 Å². The maximum Gasteiger partial charge on any atom is 0.407 e. The van der Waals surface area contributed by atoms with Gasteiger partial charge in [0.2, 0.25) is 0 Å². The Hall–Kier alpha value is -2.73. The molecule has 1 N–H and O–H groups in total. The van der Waals surface area contributed by atoms with Gasteiger partial charge in [-0.15, -0.1) is 0 Å². The van der Waals surface area contributed by atoms with E-state index < -0.39 is 6.09 Å². The number of piperazine rings is 1. The van der Waals surface area contributed by atoms with E-state index in [0.717, 1.165) is 50.6 Å². The minimum Gasteiger partial charge on any atom is -0.493 e. The predicted octanol–water partition coefficient (Wildman–Crippen LogP) is 2.94. The van der Waals surface area contributed by atoms with Crippen LogP contribution in [0, 0.1) is 0 Å². The van der Waals surface area contributed by atoms with Gasteiger partial charge in [0.25, 0.3) is 0 Å². The zero-order chi connectivity index (χ0) is 19.1. The molecule has 0 bridgehead atoms. The molecule has 0 atom stereocenters. The summed E-state index contributed by atoms with van der Waals surface area (Å²) in [5, 5.41) is 9.29. The Morgan fingerprint density at radius 1 is 0.857 bits per heavy atom. The standard InChI is InChI=1S/C22H24N2O4/c25-22(26)24-9-7-23(8-10-24)21(17-1-3-19-15(13-17)5-11-27-19)18-2-4-20-16(14-18)6-12-28-20/h1-4,13-14,21H,5-12H2,(H,25,26). The molecule has 6 nitrogen and oxygen atoms in total. The maximum absolute atomic E-state index is 11.3. The molecule has 2 aromatic rings. The number of rotatable bonds is 3. The molecule has 3 heterocycles. The molecular formula is C22H24N2O4. The summed E-state index contributed by atoms with van der Waals surface area (Å²) in [5.74, 6) is 1.97. The van der Waals surface area contributed by atoms with Crippen LogP contribution in [0.1, 0.15) is 28.3 Å². The van der Waals surface area contributed by atoms with Crippen molar-refractivity contribution in [2.75, 3.05) is 39.4 Å². The van der Waals surface area contributed by atoms with Crippen molar-refractivity contribution in [1.82, 2.24) is 9.80 Å². The normalized spacial score (nSPS) is 18.5. The molecule has 5 rings (SSSR count). The zero-order valence-corrected chi connectivity index (χ0v) is 15.8. The molecule has 1 saturated heterocycles. The first-order valence-corrected chi connectivity index (χ1v) is 9.92. The summed E-state index contributed by atoms with van der Waals surface area (Å²) in [6, 6.07) is 13.1. The number of carboxylic acid groups (broad SMARTS) is 1. The van der Waals surface area contributed by atoms with E-state index >= 15 is 0 Å². The highest BCUT2D eigenvalue weighted by Gasteiger charge is 2.30. The highest BCUT2D eigenvalue weighted by molar-refractivity contribution is 5.65. The summed E-state index contributed by atoms with van der Waals surface area (Å²) < 4.78 is 11.4. The molecule has 0 aliphatic carbocycles. The largest absolute Gasteiger partial charge is 0.493 e. The SMILES string of the molecule is O=C(O)N1CCN(C(c2ccc3c(c2)CCO3)c2ccc3c(c2)CCO3)CC1. The van der Waals surface area contributed by atoms with E-state index in [-0.39, 0.29) is 6.04 Å². The second kappa shape index (κ2) is 7.02. The van der Waals surface area contributed by atoms with Gasteiger partial charge in [0.15, 0.2) is 0 Å². The topological polar surface area (TPSA) is 62.2 Å². The van der Waals surface area contributed by atoms with E-state index in [1.165, 1.54) is 27.2 Å². The summed E-state index contributed by atoms with van der Waals surface area (Å²) in [6.45, 7) is 4.01. The van der Waals surface area contributed by atoms with Crippen molar-refractivity contribution in [3.05, 3.63) is 58.7 Å². The average Bonchev–Trinajstić information content (AvgIpc) is 3.37. The fourth-order valence-corrected chi connectivity index (χ4v) is 4.54. The Balaban J connectivity index is 1.50. The van der Waals surface area contributed by atoms with E-state index in [2.05, 4.69) is 41.3 Å². The van der Waals surface area contributed by atoms with Crippen LogP contribution in [0.4, 0.5) is 4.79 Å². The van der Waals surface area contributed by atoms with Gasteiger partial charge in [-0.25, -0.2) is 4.79 Å². The van der Waals surface area contributed by atoms with Gasteiger partial charge in [-0.1, -0.05) is 24.3 Å². The van der Waals surface area contributed by atoms with Crippen LogP contribution in [-0.2, 0) is 12.8 Å². The molecule has 0 unspecified atom stereocenters. The minimum absolute atomic E-state index is 0.104. The summed E-state index contributed by atoms with van der Waals surface area (Å²) in [7, 11) is 0. The van der Waals surface area contributed by atoms with Crippen molar-refractivity contribution in [2.45, 2.75) is 18.9 Å². The Labute approximate surface area is 164 Å². The zero-order valence-electron chi connectivity index (χ0n) is 15.8. The van der Waals surface area contributed by atoms with Gasteiger partial charge < -0.3 is 19.5 Å². The fourth-order valence-electron chi connectivity index (χ4n) is 4.54. The molecule has 1 amide bonds. The minimum atomic E-state index is -0.833. The van der Waals surface area contributed by atoms with Gasteiger partial charge >= 0.3 is 6.09 Å². The summed E-state index contributed by atoms with van der Waals surface area (Å²) in [6.07, 6.45) is 1.06. The second-order valence-electron chi connectivity index (χ2n) is 7.64. The Bertz CT molecular complexity index is 848. The lowest BCUT2D eigenvalue weighted by atomic mass is 9.93. The molecule has 2 aromatic carbocycles. The van der Waals surface area contributed by atoms with Gasteiger partial charge in [0.1, 0.15) is 11.5 Å². The second-order valence-corrected chi connectivity index (χ2v) is 7.64. The highest BCUT2D eigenvalue weighted by atomic mass is 16.5. The third-order valence-electron chi connectivity index (χ3n) is 6.01. The van der Waals surface area contributed by atoms with Crippen LogP contribution in [-0.4, -0.2) is 60.4 Å². The lowest BCUT2D eigenvalue weighted by Gasteiger charge is -2.39. The molecule has 6 heteroatoms. The van der Waals surface area contributed by atoms with E-state index in [9.17, 15) is 9.90 Å². The van der Waals surface area contributed by atoms with E-state index in [4.69, 9.17) is 9.47 Å². The number of hydrogen-bond acceptors (Lipinski definition) is 4. The fraction of sp³-hybridized carbons (Fsp3) is 0.409. The smallest absolute Gasteiger partial charge is 0.407 e. The predicted molar refractivity (Wildman–Crippen MR) is 104 cm³/mol. The van der Waals surface area contributed by atoms with Crippen molar-refractivity contribution in [2.24, 2.45) is 0 Å². The van der Waals surface area contributed by atoms with E-state index in [0.29, 0.717) is 13.1 Å². The van der Waals surface area contributed by atoms with E-state index in [1.807, 2.05) is 0 Å². The van der Waals surface area contributed by atoms with Crippen LogP contribution >= 0.6 is 0 Å². The van der Waals surface area contributed by atoms with Gasteiger partial charge in [-0.2, -0.15) is 0 Å². The van der Waals surface area contributed by atoms with Crippen LogP contribution in [0.15, 0.2) is 36.4 Å². The molecule has 3 aliphatic heterocycles. The molecule has 0 radical (unpaired) electrons. The average molecular weight is 380 g/mol. The highest BCUT2D eigenvalue weighted by Crippen LogP contribution is 2.37. The number of benzene rings is 2. The Morgan fingerprint density at radius 2 is 1.39 bits per heavy atom. The van der Waals surface area contributed by atoms with Crippen LogP contribution in [0.5, 0.6) is 11.5 Å². The summed E-state index contributed by atoms with van der Waals surface area (Å²) >= 11 is 0. The number of amides is 1. The van der Waals surface area contributed by atoms with Gasteiger partial charge in [0, 0.05) is 39.0 Å². The third-order valence-corrected chi connectivity index (χ3v) is 6.01. The first kappa shape index (κ1) is 17.4. The lowest BCUT2D eigenvalue weighted by molar-refractivity contribution is 0.0932. The number of hydrogen-bond donors (Lipinski definition) is 1. The number of carbonyl (C=O) groups is 1. The van der Waals surface area contributed by atoms with Crippen molar-refractivity contribution in [3.63, 3.8) is 0 Å². The van der Waals surface area contributed by atoms with Crippen molar-refractivity contribution in [1.29, 1.82) is 0 Å². The van der Waals surface area contributed by atoms with Gasteiger partial charge in [0.05, 0.1) is 19.3 Å². The molecule has 0 saturated carbocycles. The monoisotopic (exact) mass is 380 g/mol.